The molecule has 0 radical (unpaired) electrons. The molecule has 1 rings (SSSR count). The summed E-state index contributed by atoms with van der Waals surface area (Å²) in [5.41, 5.74) is -4.31. The van der Waals surface area contributed by atoms with Crippen molar-refractivity contribution in [1.29, 1.82) is 0 Å². The van der Waals surface area contributed by atoms with Crippen LogP contribution in [0.4, 0.5) is 13.2 Å². The Morgan fingerprint density at radius 1 is 1.53 bits per heavy atom. The van der Waals surface area contributed by atoms with Gasteiger partial charge >= 0.3 is 11.5 Å². The van der Waals surface area contributed by atoms with E-state index in [-0.39, 0.29) is 48.5 Å². The van der Waals surface area contributed by atoms with Crippen molar-refractivity contribution >= 4 is 17.7 Å². The van der Waals surface area contributed by atoms with E-state index in [1.165, 1.54) is 11.8 Å². The second-order valence-corrected chi connectivity index (χ2v) is 4.61. The van der Waals surface area contributed by atoms with Crippen LogP contribution in [0.25, 0.3) is 0 Å². The molecule has 1 heterocycles. The van der Waals surface area contributed by atoms with E-state index in [2.05, 4.69) is 10.3 Å². The monoisotopic (exact) mass is 299 g/mol. The zero-order valence-electron chi connectivity index (χ0n) is 9.98. The highest BCUT2D eigenvalue weighted by Crippen LogP contribution is 2.30. The smallest absolute Gasteiger partial charge is 0.441 e. The van der Waals surface area contributed by atoms with Gasteiger partial charge in [-0.3, -0.25) is 0 Å². The highest BCUT2D eigenvalue weighted by molar-refractivity contribution is 8.00. The summed E-state index contributed by atoms with van der Waals surface area (Å²) in [4.78, 5) is 10.9. The minimum atomic E-state index is -4.32. The zero-order valence-corrected chi connectivity index (χ0v) is 10.8. The van der Waals surface area contributed by atoms with E-state index in [4.69, 9.17) is 9.84 Å². The first-order valence-corrected chi connectivity index (χ1v) is 6.19. The fraction of sp³-hybridized carbons (Fsp3) is 0.667. The van der Waals surface area contributed by atoms with E-state index in [1.807, 2.05) is 0 Å². The highest BCUT2D eigenvalue weighted by atomic mass is 32.2. The molecule has 0 fully saturated rings. The highest BCUT2D eigenvalue weighted by Gasteiger charge is 2.28. The third kappa shape index (κ3) is 5.07. The van der Waals surface area contributed by atoms with Crippen molar-refractivity contribution in [2.75, 3.05) is 19.5 Å². The molecule has 1 aromatic rings. The first-order valence-electron chi connectivity index (χ1n) is 5.20. The molecule has 6 nitrogen and oxygen atoms in total. The van der Waals surface area contributed by atoms with Gasteiger partial charge in [-0.2, -0.15) is 13.2 Å². The number of halogens is 3. The van der Waals surface area contributed by atoms with Crippen molar-refractivity contribution in [3.05, 3.63) is 11.4 Å². The molecule has 1 N–H and O–H groups in total. The van der Waals surface area contributed by atoms with Gasteiger partial charge in [-0.25, -0.2) is 9.48 Å². The van der Waals surface area contributed by atoms with Gasteiger partial charge in [0.05, 0.1) is 18.8 Å². The first-order chi connectivity index (χ1) is 8.85. The van der Waals surface area contributed by atoms with Crippen molar-refractivity contribution in [2.24, 2.45) is 0 Å². The third-order valence-electron chi connectivity index (χ3n) is 2.15. The Labute approximate surface area is 110 Å². The van der Waals surface area contributed by atoms with Crippen molar-refractivity contribution in [2.45, 2.75) is 18.5 Å². The van der Waals surface area contributed by atoms with Crippen molar-refractivity contribution in [3.63, 3.8) is 0 Å². The number of rotatable bonds is 7. The largest absolute Gasteiger partial charge is 0.476 e. The molecule has 0 aromatic carbocycles. The first kappa shape index (κ1) is 15.8. The lowest BCUT2D eigenvalue weighted by atomic mass is 10.2. The summed E-state index contributed by atoms with van der Waals surface area (Å²) in [5, 5.41) is 15.9. The van der Waals surface area contributed by atoms with Crippen LogP contribution in [0.1, 0.15) is 16.2 Å². The quantitative estimate of drug-likeness (QED) is 0.820. The maximum atomic E-state index is 12.0. The summed E-state index contributed by atoms with van der Waals surface area (Å²) in [6.07, 6.45) is 0.224. The van der Waals surface area contributed by atoms with Gasteiger partial charge in [0.25, 0.3) is 0 Å². The molecule has 10 heteroatoms. The molecular weight excluding hydrogens is 287 g/mol. The minimum absolute atomic E-state index is 0.0660. The molecule has 0 atom stereocenters. The van der Waals surface area contributed by atoms with Gasteiger partial charge in [0.15, 0.2) is 5.69 Å². The van der Waals surface area contributed by atoms with Gasteiger partial charge in [0.2, 0.25) is 0 Å². The fourth-order valence-electron chi connectivity index (χ4n) is 1.37. The lowest BCUT2D eigenvalue weighted by Crippen LogP contribution is -2.13. The topological polar surface area (TPSA) is 77.2 Å². The van der Waals surface area contributed by atoms with E-state index in [0.717, 1.165) is 0 Å². The Hall–Kier alpha value is -1.29. The summed E-state index contributed by atoms with van der Waals surface area (Å²) >= 11 is -0.189. The number of carbonyl (C=O) groups is 1. The Morgan fingerprint density at radius 2 is 2.21 bits per heavy atom. The molecule has 0 aliphatic carbocycles. The van der Waals surface area contributed by atoms with Gasteiger partial charge < -0.3 is 9.84 Å². The number of hydrogen-bond acceptors (Lipinski definition) is 5. The molecule has 1 aromatic heterocycles. The molecule has 108 valence electrons. The van der Waals surface area contributed by atoms with Crippen LogP contribution in [-0.2, 0) is 17.7 Å². The van der Waals surface area contributed by atoms with Gasteiger partial charge in [-0.1, -0.05) is 5.21 Å². The Bertz CT molecular complexity index is 436. The van der Waals surface area contributed by atoms with Gasteiger partial charge in [-0.05, 0) is 11.8 Å². The van der Waals surface area contributed by atoms with Crippen LogP contribution in [0.2, 0.25) is 0 Å². The number of aromatic nitrogens is 3. The Morgan fingerprint density at radius 3 is 2.74 bits per heavy atom. The van der Waals surface area contributed by atoms with Crippen LogP contribution in [0.5, 0.6) is 0 Å². The lowest BCUT2D eigenvalue weighted by Gasteiger charge is -2.08. The normalized spacial score (nSPS) is 11.8. The molecule has 0 aliphatic heterocycles. The van der Waals surface area contributed by atoms with Crippen molar-refractivity contribution in [3.8, 4) is 0 Å². The molecule has 0 unspecified atom stereocenters. The summed E-state index contributed by atoms with van der Waals surface area (Å²) in [6, 6.07) is 0. The van der Waals surface area contributed by atoms with Crippen LogP contribution in [0, 0.1) is 0 Å². The number of thioether (sulfide) groups is 1. The molecule has 0 aliphatic rings. The number of aryl methyl sites for hydroxylation is 1. The van der Waals surface area contributed by atoms with Crippen LogP contribution in [0.15, 0.2) is 0 Å². The number of carboxylic acid groups (broad SMARTS) is 1. The second kappa shape index (κ2) is 6.75. The van der Waals surface area contributed by atoms with Gasteiger partial charge in [-0.15, -0.1) is 5.10 Å². The minimum Gasteiger partial charge on any atom is -0.476 e. The van der Waals surface area contributed by atoms with Gasteiger partial charge in [0, 0.05) is 19.3 Å². The zero-order chi connectivity index (χ0) is 14.5. The maximum Gasteiger partial charge on any atom is 0.441 e. The van der Waals surface area contributed by atoms with Crippen molar-refractivity contribution < 1.29 is 27.8 Å². The standard InChI is InChI=1S/C9H12F3N3O3S/c1-18-4-2-6-7(8(16)17)13-14-15(6)3-5-19-9(10,11)12/h2-5H2,1H3,(H,16,17). The summed E-state index contributed by atoms with van der Waals surface area (Å²) in [7, 11) is 1.44. The van der Waals surface area contributed by atoms with E-state index in [1.54, 1.807) is 0 Å². The Balaban J connectivity index is 2.73. The second-order valence-electron chi connectivity index (χ2n) is 3.45. The number of aromatic carboxylic acids is 1. The van der Waals surface area contributed by atoms with Crippen LogP contribution in [0.3, 0.4) is 0 Å². The summed E-state index contributed by atoms with van der Waals surface area (Å²) in [6.45, 7) is 0.170. The predicted molar refractivity (Wildman–Crippen MR) is 61.1 cm³/mol. The summed E-state index contributed by atoms with van der Waals surface area (Å²) < 4.78 is 42.0. The number of nitrogens with zero attached hydrogens (tertiary/aromatic N) is 3. The number of methoxy groups -OCH3 is 1. The number of carboxylic acids is 1. The Kier molecular flexibility index (Phi) is 5.60. The number of ether oxygens (including phenoxy) is 1. The average Bonchev–Trinajstić information content (AvgIpc) is 2.68. The molecule has 0 amide bonds. The molecule has 0 saturated heterocycles. The maximum absolute atomic E-state index is 12.0. The van der Waals surface area contributed by atoms with Crippen LogP contribution < -0.4 is 0 Å². The van der Waals surface area contributed by atoms with Crippen LogP contribution in [-0.4, -0.2) is 51.0 Å². The van der Waals surface area contributed by atoms with Crippen LogP contribution >= 0.6 is 11.8 Å². The predicted octanol–water partition coefficient (Wildman–Crippen LogP) is 1.42. The molecule has 0 spiro atoms. The molecule has 0 bridgehead atoms. The fourth-order valence-corrected chi connectivity index (χ4v) is 1.87. The van der Waals surface area contributed by atoms with E-state index >= 15 is 0 Å². The number of hydrogen-bond donors (Lipinski definition) is 1. The van der Waals surface area contributed by atoms with Gasteiger partial charge in [0.1, 0.15) is 0 Å². The average molecular weight is 299 g/mol. The van der Waals surface area contributed by atoms with E-state index < -0.39 is 11.5 Å². The molecule has 19 heavy (non-hydrogen) atoms. The molecular formula is C9H12F3N3O3S. The molecule has 0 saturated carbocycles. The van der Waals surface area contributed by atoms with Crippen molar-refractivity contribution in [1.82, 2.24) is 15.0 Å². The lowest BCUT2D eigenvalue weighted by molar-refractivity contribution is -0.0328. The number of alkyl halides is 3. The SMILES string of the molecule is COCCc1c(C(=O)O)nnn1CCSC(F)(F)F. The third-order valence-corrected chi connectivity index (χ3v) is 2.87. The van der Waals surface area contributed by atoms with E-state index in [9.17, 15) is 18.0 Å². The summed E-state index contributed by atoms with van der Waals surface area (Å²) in [5.74, 6) is -1.52. The van der Waals surface area contributed by atoms with E-state index in [0.29, 0.717) is 0 Å².